The second-order valence-corrected chi connectivity index (χ2v) is 5.08. The van der Waals surface area contributed by atoms with Crippen molar-refractivity contribution < 1.29 is 14.4 Å². The summed E-state index contributed by atoms with van der Waals surface area (Å²) in [5.41, 5.74) is 0.786. The van der Waals surface area contributed by atoms with E-state index in [4.69, 9.17) is 4.52 Å². The topological polar surface area (TPSA) is 87.4 Å². The van der Waals surface area contributed by atoms with Crippen molar-refractivity contribution in [3.8, 4) is 11.3 Å². The largest absolute Gasteiger partial charge is 0.477 e. The van der Waals surface area contributed by atoms with Crippen LogP contribution in [0.5, 0.6) is 0 Å². The number of aromatic carboxylic acids is 1. The monoisotopic (exact) mass is 323 g/mol. The van der Waals surface area contributed by atoms with E-state index < -0.39 is 5.97 Å². The molecule has 2 aromatic rings. The van der Waals surface area contributed by atoms with Gasteiger partial charge >= 0.3 is 5.97 Å². The number of nitrogens with zero attached hydrogens (tertiary/aromatic N) is 1. The second kappa shape index (κ2) is 7.29. The molecule has 0 radical (unpaired) electrons. The lowest BCUT2D eigenvalue weighted by Gasteiger charge is -2.10. The molecule has 0 bridgehead atoms. The van der Waals surface area contributed by atoms with Crippen molar-refractivity contribution >= 4 is 24.2 Å². The van der Waals surface area contributed by atoms with E-state index in [1.165, 1.54) is 0 Å². The fraction of sp³-hybridized carbons (Fsp3) is 0.333. The molecule has 1 atom stereocenters. The lowest BCUT2D eigenvalue weighted by molar-refractivity contribution is 0.0698. The Balaban J connectivity index is 0.00000176. The number of carbonyl (C=O) groups is 1. The number of carboxylic acids is 1. The predicted molar refractivity (Wildman–Crippen MR) is 85.7 cm³/mol. The van der Waals surface area contributed by atoms with Gasteiger partial charge in [0, 0.05) is 18.2 Å². The minimum atomic E-state index is -1.04. The molecule has 3 rings (SSSR count). The van der Waals surface area contributed by atoms with Gasteiger partial charge in [-0.25, -0.2) is 4.79 Å². The number of anilines is 1. The van der Waals surface area contributed by atoms with Crippen LogP contribution in [0.2, 0.25) is 0 Å². The Morgan fingerprint density at radius 3 is 2.82 bits per heavy atom. The Kier molecular flexibility index (Phi) is 5.41. The van der Waals surface area contributed by atoms with E-state index in [-0.39, 0.29) is 29.5 Å². The van der Waals surface area contributed by atoms with Gasteiger partial charge in [0.25, 0.3) is 0 Å². The molecule has 0 unspecified atom stereocenters. The highest BCUT2D eigenvalue weighted by molar-refractivity contribution is 5.99. The van der Waals surface area contributed by atoms with E-state index in [0.717, 1.165) is 19.4 Å². The molecule has 3 N–H and O–H groups in total. The van der Waals surface area contributed by atoms with Gasteiger partial charge in [-0.1, -0.05) is 35.5 Å². The van der Waals surface area contributed by atoms with Gasteiger partial charge in [-0.3, -0.25) is 0 Å². The quantitative estimate of drug-likeness (QED) is 0.784. The lowest BCUT2D eigenvalue weighted by atomic mass is 10.1. The molecule has 1 aliphatic heterocycles. The van der Waals surface area contributed by atoms with Gasteiger partial charge in [0.05, 0.1) is 0 Å². The van der Waals surface area contributed by atoms with Gasteiger partial charge in [-0.2, -0.15) is 0 Å². The first-order valence-electron chi connectivity index (χ1n) is 7.01. The van der Waals surface area contributed by atoms with E-state index in [1.54, 1.807) is 12.1 Å². The number of hydrogen-bond acceptors (Lipinski definition) is 5. The Morgan fingerprint density at radius 1 is 1.41 bits per heavy atom. The average molecular weight is 324 g/mol. The maximum atomic E-state index is 11.5. The second-order valence-electron chi connectivity index (χ2n) is 5.08. The number of hydrogen-bond donors (Lipinski definition) is 3. The number of benzene rings is 1. The first-order valence-corrected chi connectivity index (χ1v) is 7.01. The van der Waals surface area contributed by atoms with Crippen LogP contribution in [0.25, 0.3) is 11.3 Å². The van der Waals surface area contributed by atoms with Crippen molar-refractivity contribution in [1.82, 2.24) is 10.5 Å². The van der Waals surface area contributed by atoms with E-state index in [0.29, 0.717) is 18.2 Å². The Bertz CT molecular complexity index is 624. The Labute approximate surface area is 134 Å². The third-order valence-electron chi connectivity index (χ3n) is 3.62. The van der Waals surface area contributed by atoms with Crippen LogP contribution in [0, 0.1) is 0 Å². The summed E-state index contributed by atoms with van der Waals surface area (Å²) in [6.07, 6.45) is 2.23. The molecule has 1 fully saturated rings. The molecule has 22 heavy (non-hydrogen) atoms. The molecule has 0 saturated carbocycles. The zero-order valence-corrected chi connectivity index (χ0v) is 12.7. The molecule has 2 heterocycles. The van der Waals surface area contributed by atoms with Crippen LogP contribution in [-0.2, 0) is 0 Å². The number of aromatic nitrogens is 1. The molecule has 0 amide bonds. The molecular formula is C15H18ClN3O3. The Hall–Kier alpha value is -2.05. The van der Waals surface area contributed by atoms with E-state index in [2.05, 4.69) is 15.8 Å². The van der Waals surface area contributed by atoms with Crippen LogP contribution >= 0.6 is 12.4 Å². The zero-order valence-electron chi connectivity index (χ0n) is 11.9. The molecule has 1 aromatic heterocycles. The number of rotatable bonds is 5. The predicted octanol–water partition coefficient (Wildman–Crippen LogP) is 2.63. The van der Waals surface area contributed by atoms with Crippen molar-refractivity contribution in [3.63, 3.8) is 0 Å². The van der Waals surface area contributed by atoms with Crippen LogP contribution in [-0.4, -0.2) is 35.4 Å². The summed E-state index contributed by atoms with van der Waals surface area (Å²) >= 11 is 0. The first kappa shape index (κ1) is 16.3. The van der Waals surface area contributed by atoms with E-state index in [9.17, 15) is 9.90 Å². The average Bonchev–Trinajstić information content (AvgIpc) is 3.15. The minimum Gasteiger partial charge on any atom is -0.477 e. The highest BCUT2D eigenvalue weighted by atomic mass is 35.5. The molecule has 118 valence electrons. The molecule has 1 aromatic carbocycles. The molecule has 0 spiro atoms. The van der Waals surface area contributed by atoms with Crippen molar-refractivity contribution in [3.05, 3.63) is 35.9 Å². The fourth-order valence-corrected chi connectivity index (χ4v) is 2.55. The SMILES string of the molecule is Cl.O=C(O)c1c(NC[C@@H]2CCCN2)noc1-c1ccccc1. The van der Waals surface area contributed by atoms with Crippen LogP contribution in [0.3, 0.4) is 0 Å². The van der Waals surface area contributed by atoms with Crippen LogP contribution in [0.1, 0.15) is 23.2 Å². The van der Waals surface area contributed by atoms with Crippen molar-refractivity contribution in [1.29, 1.82) is 0 Å². The zero-order chi connectivity index (χ0) is 14.7. The Morgan fingerprint density at radius 2 is 2.18 bits per heavy atom. The van der Waals surface area contributed by atoms with Gasteiger partial charge in [-0.05, 0) is 19.4 Å². The van der Waals surface area contributed by atoms with Crippen LogP contribution in [0.4, 0.5) is 5.82 Å². The lowest BCUT2D eigenvalue weighted by Crippen LogP contribution is -2.29. The smallest absolute Gasteiger partial charge is 0.343 e. The molecule has 0 aliphatic carbocycles. The van der Waals surface area contributed by atoms with Gasteiger partial charge in [0.2, 0.25) is 0 Å². The maximum Gasteiger partial charge on any atom is 0.343 e. The standard InChI is InChI=1S/C15H17N3O3.ClH/c19-15(20)12-13(10-5-2-1-3-6-10)21-18-14(12)17-9-11-7-4-8-16-11;/h1-3,5-6,11,16H,4,7-9H2,(H,17,18)(H,19,20);1H/t11-;/m0./s1. The first-order chi connectivity index (χ1) is 10.3. The summed E-state index contributed by atoms with van der Waals surface area (Å²) in [6, 6.07) is 9.48. The highest BCUT2D eigenvalue weighted by Gasteiger charge is 2.24. The molecule has 1 saturated heterocycles. The molecule has 6 nitrogen and oxygen atoms in total. The third kappa shape index (κ3) is 3.40. The van der Waals surface area contributed by atoms with Crippen molar-refractivity contribution in [2.24, 2.45) is 0 Å². The highest BCUT2D eigenvalue weighted by Crippen LogP contribution is 2.29. The molecule has 7 heteroatoms. The van der Waals surface area contributed by atoms with E-state index in [1.807, 2.05) is 18.2 Å². The van der Waals surface area contributed by atoms with Gasteiger partial charge in [0.15, 0.2) is 17.1 Å². The fourth-order valence-electron chi connectivity index (χ4n) is 2.55. The van der Waals surface area contributed by atoms with Crippen molar-refractivity contribution in [2.45, 2.75) is 18.9 Å². The number of nitrogens with one attached hydrogen (secondary N) is 2. The number of halogens is 1. The van der Waals surface area contributed by atoms with Crippen molar-refractivity contribution in [2.75, 3.05) is 18.4 Å². The summed E-state index contributed by atoms with van der Waals surface area (Å²) < 4.78 is 5.24. The van der Waals surface area contributed by atoms with Crippen LogP contribution < -0.4 is 10.6 Å². The maximum absolute atomic E-state index is 11.5. The summed E-state index contributed by atoms with van der Waals surface area (Å²) in [5, 5.41) is 19.7. The van der Waals surface area contributed by atoms with Crippen LogP contribution in [0.15, 0.2) is 34.9 Å². The summed E-state index contributed by atoms with van der Waals surface area (Å²) in [5.74, 6) is -0.475. The summed E-state index contributed by atoms with van der Waals surface area (Å²) in [7, 11) is 0. The number of carboxylic acid groups (broad SMARTS) is 1. The summed E-state index contributed by atoms with van der Waals surface area (Å²) in [4.78, 5) is 11.5. The normalized spacial score (nSPS) is 17.0. The third-order valence-corrected chi connectivity index (χ3v) is 3.62. The molecule has 1 aliphatic rings. The minimum absolute atomic E-state index is 0. The van der Waals surface area contributed by atoms with E-state index >= 15 is 0 Å². The van der Waals surface area contributed by atoms with Gasteiger partial charge in [-0.15, -0.1) is 12.4 Å². The summed E-state index contributed by atoms with van der Waals surface area (Å²) in [6.45, 7) is 1.65. The van der Waals surface area contributed by atoms with Gasteiger partial charge in [0.1, 0.15) is 0 Å². The van der Waals surface area contributed by atoms with Gasteiger partial charge < -0.3 is 20.3 Å². The molecular weight excluding hydrogens is 306 g/mol.